The molecule has 1 amide bonds. The van der Waals surface area contributed by atoms with E-state index in [1.165, 1.54) is 6.92 Å². The summed E-state index contributed by atoms with van der Waals surface area (Å²) < 4.78 is 86.4. The van der Waals surface area contributed by atoms with Crippen LogP contribution in [0.3, 0.4) is 0 Å². The number of carbonyl (C=O) groups excluding carboxylic acids is 1. The third-order valence-corrected chi connectivity index (χ3v) is 18.2. The molecule has 8 rings (SSSR count). The Morgan fingerprint density at radius 3 is 1.22 bits per heavy atom. The lowest BCUT2D eigenvalue weighted by molar-refractivity contribution is -0.400. The van der Waals surface area contributed by atoms with E-state index in [4.69, 9.17) is 71.1 Å². The molecule has 0 spiro atoms. The Kier molecular flexibility index (Phi) is 28.7. The first kappa shape index (κ1) is 82.0. The van der Waals surface area contributed by atoms with E-state index in [0.717, 1.165) is 6.92 Å². The normalized spacial score (nSPS) is 50.3. The number of aliphatic hydroxyl groups is 26. The molecule has 0 aromatic carbocycles. The van der Waals surface area contributed by atoms with Crippen molar-refractivity contribution in [2.24, 2.45) is 0 Å². The molecule has 45 heteroatoms. The molecule has 576 valence electrons. The van der Waals surface area contributed by atoms with Crippen LogP contribution in [-0.2, 0) is 80.6 Å². The molecular weight excluding hydrogens is 1370 g/mol. The van der Waals surface area contributed by atoms with Crippen LogP contribution < -0.4 is 5.32 Å². The van der Waals surface area contributed by atoms with Gasteiger partial charge in [-0.3, -0.25) is 4.79 Å². The fourth-order valence-corrected chi connectivity index (χ4v) is 12.5. The summed E-state index contributed by atoms with van der Waals surface area (Å²) in [6, 6.07) is -2.18. The largest absolute Gasteiger partial charge is 0.477 e. The van der Waals surface area contributed by atoms with Crippen molar-refractivity contribution >= 4 is 11.9 Å². The maximum Gasteiger partial charge on any atom is 0.364 e. The minimum absolute atomic E-state index is 0.856. The second-order valence-electron chi connectivity index (χ2n) is 25.1. The highest BCUT2D eigenvalue weighted by Gasteiger charge is 2.61. The van der Waals surface area contributed by atoms with Gasteiger partial charge in [0, 0.05) is 13.3 Å². The van der Waals surface area contributed by atoms with Gasteiger partial charge in [-0.05, 0) is 6.92 Å². The molecule has 0 aliphatic carbocycles. The van der Waals surface area contributed by atoms with Crippen molar-refractivity contribution in [2.75, 3.05) is 46.2 Å². The maximum atomic E-state index is 13.5. The number of carboxylic acid groups (broad SMARTS) is 1. The van der Waals surface area contributed by atoms with Crippen molar-refractivity contribution in [2.45, 2.75) is 278 Å². The van der Waals surface area contributed by atoms with Gasteiger partial charge in [-0.15, -0.1) is 0 Å². The molecule has 0 aromatic heterocycles. The van der Waals surface area contributed by atoms with Gasteiger partial charge in [0.25, 0.3) is 5.79 Å². The highest BCUT2D eigenvalue weighted by molar-refractivity contribution is 5.75. The monoisotopic (exact) mass is 1460 g/mol. The predicted molar refractivity (Wildman–Crippen MR) is 298 cm³/mol. The summed E-state index contributed by atoms with van der Waals surface area (Å²) in [6.45, 7) is -5.73. The fraction of sp³-hybridized carbons (Fsp3) is 0.963. The Bertz CT molecular complexity index is 2530. The van der Waals surface area contributed by atoms with Crippen molar-refractivity contribution in [1.82, 2.24) is 5.32 Å². The zero-order valence-corrected chi connectivity index (χ0v) is 52.3. The van der Waals surface area contributed by atoms with Gasteiger partial charge in [0.05, 0.1) is 58.5 Å². The maximum absolute atomic E-state index is 13.5. The van der Waals surface area contributed by atoms with E-state index >= 15 is 0 Å². The second kappa shape index (κ2) is 34.7. The van der Waals surface area contributed by atoms with E-state index < -0.39 is 322 Å². The number of rotatable bonds is 26. The van der Waals surface area contributed by atoms with Crippen LogP contribution in [0.15, 0.2) is 0 Å². The molecule has 42 atom stereocenters. The molecule has 0 radical (unpaired) electrons. The smallest absolute Gasteiger partial charge is 0.364 e. The number of aliphatic carboxylic acids is 1. The summed E-state index contributed by atoms with van der Waals surface area (Å²) in [6.07, 6.45) is -87.1. The zero-order valence-electron chi connectivity index (χ0n) is 52.3. The molecule has 8 fully saturated rings. The van der Waals surface area contributed by atoms with Gasteiger partial charge in [-0.2, -0.15) is 0 Å². The van der Waals surface area contributed by atoms with Crippen LogP contribution in [0.1, 0.15) is 20.3 Å². The minimum atomic E-state index is -3.23. The lowest BCUT2D eigenvalue weighted by Crippen LogP contribution is -2.72. The average Bonchev–Trinajstić information content (AvgIpc) is 0.760. The minimum Gasteiger partial charge on any atom is -0.477 e. The lowest BCUT2D eigenvalue weighted by atomic mass is 9.91. The van der Waals surface area contributed by atoms with Crippen LogP contribution in [0.2, 0.25) is 0 Å². The summed E-state index contributed by atoms with van der Waals surface area (Å²) in [4.78, 5) is 25.4. The van der Waals surface area contributed by atoms with Crippen LogP contribution in [0.4, 0.5) is 0 Å². The predicted octanol–water partition coefficient (Wildman–Crippen LogP) is -18.7. The first-order chi connectivity index (χ1) is 46.6. The average molecular weight is 1460 g/mol. The Morgan fingerprint density at radius 1 is 0.414 bits per heavy atom. The Balaban J connectivity index is 1.13. The van der Waals surface area contributed by atoms with E-state index in [2.05, 4.69) is 5.32 Å². The van der Waals surface area contributed by atoms with Gasteiger partial charge in [0.1, 0.15) is 195 Å². The molecule has 1 unspecified atom stereocenters. The number of nitrogens with one attached hydrogen (secondary N) is 1. The molecule has 0 aromatic rings. The zero-order chi connectivity index (χ0) is 73.3. The van der Waals surface area contributed by atoms with Crippen LogP contribution in [-0.4, -0.2) is 453 Å². The van der Waals surface area contributed by atoms with E-state index in [-0.39, 0.29) is 0 Å². The molecule has 99 heavy (non-hydrogen) atoms. The Morgan fingerprint density at radius 2 is 0.778 bits per heavy atom. The SMILES string of the molecule is CC(=O)N[C@H]1[C@@H](O[C@@H]2[C@H](O)[C@@H](O[C@@H]3[C@H](O)[C@@H](O[C@H]4[C@@H]([C@H](O)CO)OC(O)(C(=O)O)C[C@H]4O)O[C@H]([C@@H](O)CO)[C@H]3O)O[C@H]([C@@H](O)CO)[C@H]2O)O[C@H](CO)[C@H](O[C@H]2O[C@H](CO[C@@H]3O[C@@H](C)[C@H](O)[C@@H](O)[C@H]3O)[C@@H](O)[C@H](O)[C@H]2O)[C@@H]1O[C@@H]1O[C@H](CO[C@H]2O[C@H](CO)[C@@H](O)[C@H](O)[C@H]2O)[C@@H](O)[C@H](O)[C@H]1O. The summed E-state index contributed by atoms with van der Waals surface area (Å²) in [7, 11) is 0. The number of aliphatic hydroxyl groups excluding tert-OH is 25. The molecule has 0 saturated carbocycles. The van der Waals surface area contributed by atoms with Crippen molar-refractivity contribution in [3.05, 3.63) is 0 Å². The van der Waals surface area contributed by atoms with E-state index in [1.807, 2.05) is 0 Å². The first-order valence-electron chi connectivity index (χ1n) is 31.2. The molecule has 0 bridgehead atoms. The molecule has 8 aliphatic rings. The summed E-state index contributed by atoms with van der Waals surface area (Å²) in [5.41, 5.74) is 0. The van der Waals surface area contributed by atoms with Crippen LogP contribution in [0.5, 0.6) is 0 Å². The van der Waals surface area contributed by atoms with Gasteiger partial charge < -0.3 is 214 Å². The van der Waals surface area contributed by atoms with Gasteiger partial charge in [-0.1, -0.05) is 0 Å². The number of carbonyl (C=O) groups is 2. The third kappa shape index (κ3) is 17.6. The third-order valence-electron chi connectivity index (χ3n) is 18.2. The van der Waals surface area contributed by atoms with Gasteiger partial charge in [0.2, 0.25) is 5.91 Å². The summed E-state index contributed by atoms with van der Waals surface area (Å²) >= 11 is 0. The topological polar surface area (TPSA) is 731 Å². The molecular formula is C54H91NO44. The van der Waals surface area contributed by atoms with Gasteiger partial charge >= 0.3 is 5.97 Å². The number of hydrogen-bond donors (Lipinski definition) is 28. The number of hydrogen-bond acceptors (Lipinski definition) is 43. The summed E-state index contributed by atoms with van der Waals surface area (Å²) in [5.74, 6) is -6.40. The van der Waals surface area contributed by atoms with E-state index in [0.29, 0.717) is 0 Å². The van der Waals surface area contributed by atoms with Crippen molar-refractivity contribution in [3.63, 3.8) is 0 Å². The Hall–Kier alpha value is -2.70. The molecule has 8 heterocycles. The van der Waals surface area contributed by atoms with Crippen molar-refractivity contribution in [3.8, 4) is 0 Å². The molecule has 8 aliphatic heterocycles. The standard InChI is InChI=1S/C54H91NO44/c1-11-22(66)26(70)30(74)47(87-11)85-9-19-24(68)28(72)32(76)49(90-19)95-42-18(8-60)89-46(21(55-12(2)61)43(42)96-50-33(77)29(73)25(69)20(91-50)10-86-48-31(75)27(71)23(67)17(7-59)88-48)97-44-34(78)38(14(63)4-56)93-52(36(44)80)98-45-35(79)39(15(64)5-57)92-51(37(45)81)94-40-13(62)3-54(84,53(82)83)99-41(40)16(65)6-58/h11,13-52,56-60,62-81,84H,3-10H2,1-2H3,(H,55,61)(H,82,83)/t11-,13+,14-,15-,16+,17+,18+,19+,20+,21+,22-,23+,24+,25+,26+,27-,28-,29-,30+,31+,32+,33+,34+,35+,36-,37-,38+,39+,40+,41+,42-,43+,44-,45-,46+,47+,48-,49+,50-,51+,52+,54?/m0/s1. The van der Waals surface area contributed by atoms with Gasteiger partial charge in [0.15, 0.2) is 44.0 Å². The molecule has 28 N–H and O–H groups in total. The molecule has 8 saturated heterocycles. The van der Waals surface area contributed by atoms with E-state index in [9.17, 15) is 147 Å². The van der Waals surface area contributed by atoms with Crippen LogP contribution >= 0.6 is 0 Å². The fourth-order valence-electron chi connectivity index (χ4n) is 12.5. The number of carboxylic acids is 1. The highest BCUT2D eigenvalue weighted by Crippen LogP contribution is 2.40. The molecule has 45 nitrogen and oxygen atoms in total. The lowest BCUT2D eigenvalue weighted by Gasteiger charge is -2.52. The number of ether oxygens (including phenoxy) is 15. The summed E-state index contributed by atoms with van der Waals surface area (Å²) in [5, 5.41) is 296. The van der Waals surface area contributed by atoms with E-state index in [1.54, 1.807) is 0 Å². The van der Waals surface area contributed by atoms with Crippen LogP contribution in [0, 0.1) is 0 Å². The Labute approximate surface area is 558 Å². The highest BCUT2D eigenvalue weighted by atomic mass is 16.8. The van der Waals surface area contributed by atoms with Gasteiger partial charge in [-0.25, -0.2) is 4.79 Å². The van der Waals surface area contributed by atoms with Crippen molar-refractivity contribution < 1.29 is 219 Å². The quantitative estimate of drug-likeness (QED) is 0.0382. The second-order valence-corrected chi connectivity index (χ2v) is 25.1. The van der Waals surface area contributed by atoms with Crippen molar-refractivity contribution in [1.29, 1.82) is 0 Å². The number of amides is 1. The first-order valence-corrected chi connectivity index (χ1v) is 31.2. The van der Waals surface area contributed by atoms with Crippen LogP contribution in [0.25, 0.3) is 0 Å².